The smallest absolute Gasteiger partial charge is 0.261 e. The predicted octanol–water partition coefficient (Wildman–Crippen LogP) is 2.85. The molecule has 2 aromatic rings. The van der Waals surface area contributed by atoms with Crippen LogP contribution in [-0.4, -0.2) is 9.55 Å². The van der Waals surface area contributed by atoms with Crippen molar-refractivity contribution in [1.82, 2.24) is 9.55 Å². The molecule has 0 aliphatic rings. The summed E-state index contributed by atoms with van der Waals surface area (Å²) in [6.45, 7) is 2.81. The van der Waals surface area contributed by atoms with Crippen molar-refractivity contribution >= 4 is 22.5 Å². The van der Waals surface area contributed by atoms with E-state index >= 15 is 0 Å². The molecule has 0 bridgehead atoms. The van der Waals surface area contributed by atoms with Gasteiger partial charge in [0.2, 0.25) is 0 Å². The Morgan fingerprint density at radius 1 is 1.44 bits per heavy atom. The summed E-state index contributed by atoms with van der Waals surface area (Å²) in [6.07, 6.45) is 3.64. The first-order valence-corrected chi connectivity index (χ1v) is 5.75. The third kappa shape index (κ3) is 2.09. The summed E-state index contributed by atoms with van der Waals surface area (Å²) in [5.41, 5.74) is 0.683. The lowest BCUT2D eigenvalue weighted by molar-refractivity contribution is 0.608. The van der Waals surface area contributed by atoms with Crippen LogP contribution in [0.3, 0.4) is 0 Å². The zero-order valence-corrected chi connectivity index (χ0v) is 9.87. The molecule has 0 amide bonds. The van der Waals surface area contributed by atoms with E-state index in [1.807, 2.05) is 0 Å². The van der Waals surface area contributed by atoms with Crippen molar-refractivity contribution in [1.29, 1.82) is 0 Å². The van der Waals surface area contributed by atoms with E-state index in [0.29, 0.717) is 22.5 Å². The van der Waals surface area contributed by atoms with Crippen LogP contribution >= 0.6 is 11.6 Å². The molecule has 0 aliphatic carbocycles. The summed E-state index contributed by atoms with van der Waals surface area (Å²) in [5.74, 6) is 0. The number of halogens is 1. The van der Waals surface area contributed by atoms with Crippen molar-refractivity contribution in [3.8, 4) is 0 Å². The number of nitrogens with zero attached hydrogens (tertiary/aromatic N) is 2. The van der Waals surface area contributed by atoms with Gasteiger partial charge in [-0.2, -0.15) is 0 Å². The van der Waals surface area contributed by atoms with Crippen molar-refractivity contribution in [3.05, 3.63) is 39.9 Å². The SMILES string of the molecule is CCCCn1cnc2ccc(Cl)cc2c1=O. The number of hydrogen-bond acceptors (Lipinski definition) is 2. The van der Waals surface area contributed by atoms with Crippen molar-refractivity contribution < 1.29 is 0 Å². The molecule has 0 saturated carbocycles. The van der Waals surface area contributed by atoms with Crippen LogP contribution < -0.4 is 5.56 Å². The van der Waals surface area contributed by atoms with Gasteiger partial charge in [-0.05, 0) is 24.6 Å². The minimum atomic E-state index is -0.0130. The lowest BCUT2D eigenvalue weighted by Gasteiger charge is -2.05. The van der Waals surface area contributed by atoms with Crippen molar-refractivity contribution in [3.63, 3.8) is 0 Å². The van der Waals surface area contributed by atoms with Gasteiger partial charge in [0.05, 0.1) is 17.2 Å². The van der Waals surface area contributed by atoms with Crippen LogP contribution in [-0.2, 0) is 6.54 Å². The summed E-state index contributed by atoms with van der Waals surface area (Å²) in [5, 5.41) is 1.16. The Morgan fingerprint density at radius 3 is 3.00 bits per heavy atom. The number of rotatable bonds is 3. The van der Waals surface area contributed by atoms with Gasteiger partial charge in [-0.1, -0.05) is 24.9 Å². The van der Waals surface area contributed by atoms with E-state index in [2.05, 4.69) is 11.9 Å². The first-order chi connectivity index (χ1) is 7.72. The standard InChI is InChI=1S/C12H13ClN2O/c1-2-3-6-15-8-14-11-5-4-9(13)7-10(11)12(15)16/h4-5,7-8H,2-3,6H2,1H3. The van der Waals surface area contributed by atoms with Gasteiger partial charge in [0.1, 0.15) is 0 Å². The van der Waals surface area contributed by atoms with Gasteiger partial charge >= 0.3 is 0 Å². The third-order valence-electron chi connectivity index (χ3n) is 2.54. The number of aromatic nitrogens is 2. The van der Waals surface area contributed by atoms with E-state index in [-0.39, 0.29) is 5.56 Å². The molecule has 3 nitrogen and oxygen atoms in total. The Labute approximate surface area is 98.7 Å². The van der Waals surface area contributed by atoms with E-state index < -0.39 is 0 Å². The van der Waals surface area contributed by atoms with Crippen LogP contribution in [0.25, 0.3) is 10.9 Å². The molecule has 0 atom stereocenters. The monoisotopic (exact) mass is 236 g/mol. The number of aryl methyl sites for hydroxylation is 1. The Hall–Kier alpha value is -1.35. The molecule has 0 radical (unpaired) electrons. The molecular weight excluding hydrogens is 224 g/mol. The van der Waals surface area contributed by atoms with Crippen LogP contribution in [0.5, 0.6) is 0 Å². The van der Waals surface area contributed by atoms with E-state index in [1.165, 1.54) is 0 Å². The molecule has 1 aromatic heterocycles. The molecule has 16 heavy (non-hydrogen) atoms. The third-order valence-corrected chi connectivity index (χ3v) is 2.77. The van der Waals surface area contributed by atoms with Crippen molar-refractivity contribution in [2.24, 2.45) is 0 Å². The van der Waals surface area contributed by atoms with Crippen molar-refractivity contribution in [2.75, 3.05) is 0 Å². The van der Waals surface area contributed by atoms with Crippen LogP contribution in [0.1, 0.15) is 19.8 Å². The van der Waals surface area contributed by atoms with Gasteiger partial charge in [0.15, 0.2) is 0 Å². The highest BCUT2D eigenvalue weighted by Crippen LogP contribution is 2.14. The molecule has 84 valence electrons. The first kappa shape index (κ1) is 11.1. The lowest BCUT2D eigenvalue weighted by Crippen LogP contribution is -2.20. The summed E-state index contributed by atoms with van der Waals surface area (Å²) in [7, 11) is 0. The average Bonchev–Trinajstić information content (AvgIpc) is 2.29. The van der Waals surface area contributed by atoms with Crippen LogP contribution in [0.4, 0.5) is 0 Å². The van der Waals surface area contributed by atoms with Crippen LogP contribution in [0.2, 0.25) is 5.02 Å². The molecular formula is C12H13ClN2O. The molecule has 1 heterocycles. The van der Waals surface area contributed by atoms with E-state index in [1.54, 1.807) is 29.1 Å². The Morgan fingerprint density at radius 2 is 2.25 bits per heavy atom. The van der Waals surface area contributed by atoms with Gasteiger partial charge in [-0.15, -0.1) is 0 Å². The number of benzene rings is 1. The number of fused-ring (bicyclic) bond motifs is 1. The number of unbranched alkanes of at least 4 members (excludes halogenated alkanes) is 1. The van der Waals surface area contributed by atoms with Gasteiger partial charge in [-0.25, -0.2) is 4.98 Å². The molecule has 0 saturated heterocycles. The van der Waals surface area contributed by atoms with E-state index in [9.17, 15) is 4.79 Å². The highest BCUT2D eigenvalue weighted by molar-refractivity contribution is 6.31. The first-order valence-electron chi connectivity index (χ1n) is 5.37. The quantitative estimate of drug-likeness (QED) is 0.822. The highest BCUT2D eigenvalue weighted by atomic mass is 35.5. The topological polar surface area (TPSA) is 34.9 Å². The maximum atomic E-state index is 12.1. The minimum Gasteiger partial charge on any atom is -0.299 e. The van der Waals surface area contributed by atoms with E-state index in [0.717, 1.165) is 12.8 Å². The largest absolute Gasteiger partial charge is 0.299 e. The number of hydrogen-bond donors (Lipinski definition) is 0. The summed E-state index contributed by atoms with van der Waals surface area (Å²) in [4.78, 5) is 16.3. The van der Waals surface area contributed by atoms with E-state index in [4.69, 9.17) is 11.6 Å². The molecule has 0 N–H and O–H groups in total. The molecule has 0 fully saturated rings. The molecule has 1 aromatic carbocycles. The second kappa shape index (κ2) is 4.66. The second-order valence-electron chi connectivity index (χ2n) is 3.76. The van der Waals surface area contributed by atoms with Gasteiger partial charge in [0, 0.05) is 11.6 Å². The fourth-order valence-electron chi connectivity index (χ4n) is 1.62. The van der Waals surface area contributed by atoms with Crippen LogP contribution in [0.15, 0.2) is 29.3 Å². The maximum Gasteiger partial charge on any atom is 0.261 e. The summed E-state index contributed by atoms with van der Waals surface area (Å²) >= 11 is 5.87. The predicted molar refractivity (Wildman–Crippen MR) is 65.9 cm³/mol. The summed E-state index contributed by atoms with van der Waals surface area (Å²) in [6, 6.07) is 5.19. The lowest BCUT2D eigenvalue weighted by atomic mass is 10.2. The fraction of sp³-hybridized carbons (Fsp3) is 0.333. The highest BCUT2D eigenvalue weighted by Gasteiger charge is 2.03. The van der Waals surface area contributed by atoms with Gasteiger partial charge in [-0.3, -0.25) is 9.36 Å². The molecule has 0 aliphatic heterocycles. The molecule has 0 unspecified atom stereocenters. The average molecular weight is 237 g/mol. The Balaban J connectivity index is 2.55. The van der Waals surface area contributed by atoms with Gasteiger partial charge in [0.25, 0.3) is 5.56 Å². The maximum absolute atomic E-state index is 12.1. The Kier molecular flexibility index (Phi) is 3.25. The fourth-order valence-corrected chi connectivity index (χ4v) is 1.79. The second-order valence-corrected chi connectivity index (χ2v) is 4.19. The molecule has 4 heteroatoms. The molecule has 0 spiro atoms. The van der Waals surface area contributed by atoms with Crippen molar-refractivity contribution in [2.45, 2.75) is 26.3 Å². The van der Waals surface area contributed by atoms with Crippen LogP contribution in [0, 0.1) is 0 Å². The summed E-state index contributed by atoms with van der Waals surface area (Å²) < 4.78 is 1.64. The zero-order chi connectivity index (χ0) is 11.5. The molecule has 2 rings (SSSR count). The van der Waals surface area contributed by atoms with Gasteiger partial charge < -0.3 is 0 Å². The minimum absolute atomic E-state index is 0.0130. The Bertz CT molecular complexity index is 562. The normalized spacial score (nSPS) is 10.9. The zero-order valence-electron chi connectivity index (χ0n) is 9.11.